The predicted octanol–water partition coefficient (Wildman–Crippen LogP) is 4.89. The van der Waals surface area contributed by atoms with E-state index in [0.717, 1.165) is 0 Å². The molecular weight excluding hydrogens is 363 g/mol. The van der Waals surface area contributed by atoms with Crippen LogP contribution < -0.4 is 0 Å². The van der Waals surface area contributed by atoms with E-state index in [1.54, 1.807) is 30.3 Å². The Hall–Kier alpha value is -1.56. The third-order valence-electron chi connectivity index (χ3n) is 3.27. The summed E-state index contributed by atoms with van der Waals surface area (Å²) in [4.78, 5) is 12.7. The molecule has 0 aliphatic heterocycles. The van der Waals surface area contributed by atoms with E-state index in [1.165, 1.54) is 12.1 Å². The fourth-order valence-electron chi connectivity index (χ4n) is 2.26. The van der Waals surface area contributed by atoms with Gasteiger partial charge in [-0.15, -0.1) is 0 Å². The van der Waals surface area contributed by atoms with Gasteiger partial charge in [-0.3, -0.25) is 4.79 Å². The molecule has 0 N–H and O–H groups in total. The Morgan fingerprint density at radius 1 is 1.09 bits per heavy atom. The number of hydrogen-bond acceptors (Lipinski definition) is 3. The third kappa shape index (κ3) is 4.25. The van der Waals surface area contributed by atoms with Gasteiger partial charge >= 0.3 is 0 Å². The summed E-state index contributed by atoms with van der Waals surface area (Å²) in [7, 11) is 0. The quantitative estimate of drug-likeness (QED) is 0.506. The Labute approximate surface area is 143 Å². The van der Waals surface area contributed by atoms with E-state index < -0.39 is 17.9 Å². The molecule has 0 heterocycles. The van der Waals surface area contributed by atoms with Crippen LogP contribution in [0.5, 0.6) is 0 Å². The van der Waals surface area contributed by atoms with Crippen LogP contribution in [0.3, 0.4) is 0 Å². The van der Waals surface area contributed by atoms with Crippen LogP contribution in [0.2, 0.25) is 0 Å². The molecule has 0 aliphatic rings. The first-order valence-electron chi connectivity index (χ1n) is 7.40. The lowest BCUT2D eigenvalue weighted by Gasteiger charge is -2.20. The van der Waals surface area contributed by atoms with Crippen molar-refractivity contribution in [3.05, 3.63) is 69.4 Å². The van der Waals surface area contributed by atoms with Gasteiger partial charge in [0.1, 0.15) is 5.82 Å². The number of halogens is 2. The number of ether oxygens (including phenoxy) is 2. The van der Waals surface area contributed by atoms with Crippen LogP contribution in [-0.2, 0) is 9.47 Å². The minimum atomic E-state index is -0.649. The summed E-state index contributed by atoms with van der Waals surface area (Å²) in [6.45, 7) is 4.59. The van der Waals surface area contributed by atoms with Gasteiger partial charge in [-0.05, 0) is 32.0 Å². The Morgan fingerprint density at radius 2 is 1.74 bits per heavy atom. The van der Waals surface area contributed by atoms with Gasteiger partial charge in [0, 0.05) is 28.8 Å². The maximum Gasteiger partial charge on any atom is 0.196 e. The molecule has 0 aliphatic carbocycles. The van der Waals surface area contributed by atoms with Gasteiger partial charge in [0.05, 0.1) is 5.56 Å². The first-order valence-corrected chi connectivity index (χ1v) is 8.19. The zero-order chi connectivity index (χ0) is 16.8. The van der Waals surface area contributed by atoms with E-state index in [4.69, 9.17) is 9.47 Å². The van der Waals surface area contributed by atoms with Gasteiger partial charge in [-0.25, -0.2) is 4.39 Å². The summed E-state index contributed by atoms with van der Waals surface area (Å²) in [5.74, 6) is -0.960. The smallest absolute Gasteiger partial charge is 0.196 e. The molecule has 0 saturated heterocycles. The number of rotatable bonds is 7. The topological polar surface area (TPSA) is 35.5 Å². The number of carbonyl (C=O) groups excluding carboxylic acids is 1. The molecule has 3 nitrogen and oxygen atoms in total. The summed E-state index contributed by atoms with van der Waals surface area (Å²) in [5.41, 5.74) is 0.997. The van der Waals surface area contributed by atoms with Crippen molar-refractivity contribution >= 4 is 21.7 Å². The largest absolute Gasteiger partial charge is 0.349 e. The van der Waals surface area contributed by atoms with Crippen LogP contribution in [-0.4, -0.2) is 19.0 Å². The molecule has 5 heteroatoms. The lowest BCUT2D eigenvalue weighted by Crippen LogP contribution is -2.15. The molecule has 0 amide bonds. The molecule has 2 aromatic carbocycles. The lowest BCUT2D eigenvalue weighted by molar-refractivity contribution is -0.140. The van der Waals surface area contributed by atoms with Crippen molar-refractivity contribution < 1.29 is 18.7 Å². The molecular formula is C18H18BrFO3. The average Bonchev–Trinajstić information content (AvgIpc) is 2.54. The molecule has 0 unspecified atom stereocenters. The molecule has 2 rings (SSSR count). The zero-order valence-electron chi connectivity index (χ0n) is 13.0. The molecule has 0 radical (unpaired) electrons. The second kappa shape index (κ2) is 8.34. The normalized spacial score (nSPS) is 11.0. The van der Waals surface area contributed by atoms with Gasteiger partial charge < -0.3 is 9.47 Å². The van der Waals surface area contributed by atoms with Crippen molar-refractivity contribution in [2.45, 2.75) is 20.1 Å². The predicted molar refractivity (Wildman–Crippen MR) is 90.0 cm³/mol. The minimum Gasteiger partial charge on any atom is -0.349 e. The molecule has 0 bridgehead atoms. The van der Waals surface area contributed by atoms with E-state index in [2.05, 4.69) is 15.9 Å². The summed E-state index contributed by atoms with van der Waals surface area (Å²) in [5, 5.41) is 0. The molecule has 0 spiro atoms. The average molecular weight is 381 g/mol. The highest BCUT2D eigenvalue weighted by Gasteiger charge is 2.22. The highest BCUT2D eigenvalue weighted by molar-refractivity contribution is 9.10. The third-order valence-corrected chi connectivity index (χ3v) is 3.76. The first-order chi connectivity index (χ1) is 11.1. The Bertz CT molecular complexity index is 682. The van der Waals surface area contributed by atoms with Crippen LogP contribution in [0.1, 0.15) is 41.6 Å². The van der Waals surface area contributed by atoms with Crippen molar-refractivity contribution in [3.8, 4) is 0 Å². The summed E-state index contributed by atoms with van der Waals surface area (Å²) < 4.78 is 25.8. The fourth-order valence-corrected chi connectivity index (χ4v) is 2.59. The van der Waals surface area contributed by atoms with Crippen molar-refractivity contribution in [1.29, 1.82) is 0 Å². The van der Waals surface area contributed by atoms with Crippen LogP contribution in [0.15, 0.2) is 46.9 Å². The summed E-state index contributed by atoms with van der Waals surface area (Å²) in [6.07, 6.45) is -0.649. The minimum absolute atomic E-state index is 0.0207. The van der Waals surface area contributed by atoms with Crippen LogP contribution in [0.25, 0.3) is 0 Å². The van der Waals surface area contributed by atoms with E-state index in [0.29, 0.717) is 28.8 Å². The van der Waals surface area contributed by atoms with Gasteiger partial charge in [0.15, 0.2) is 12.1 Å². The Balaban J connectivity index is 2.44. The van der Waals surface area contributed by atoms with Crippen LogP contribution >= 0.6 is 15.9 Å². The van der Waals surface area contributed by atoms with Crippen molar-refractivity contribution in [2.75, 3.05) is 13.2 Å². The first kappa shape index (κ1) is 17.8. The second-order valence-electron chi connectivity index (χ2n) is 4.78. The lowest BCUT2D eigenvalue weighted by atomic mass is 9.97. The number of ketones is 1. The van der Waals surface area contributed by atoms with E-state index >= 15 is 0 Å². The number of carbonyl (C=O) groups is 1. The molecule has 2 aromatic rings. The number of benzene rings is 2. The maximum absolute atomic E-state index is 14.1. The van der Waals surface area contributed by atoms with Gasteiger partial charge in [-0.2, -0.15) is 0 Å². The van der Waals surface area contributed by atoms with E-state index in [9.17, 15) is 9.18 Å². The highest BCUT2D eigenvalue weighted by atomic mass is 79.9. The monoisotopic (exact) mass is 380 g/mol. The van der Waals surface area contributed by atoms with Crippen molar-refractivity contribution in [1.82, 2.24) is 0 Å². The second-order valence-corrected chi connectivity index (χ2v) is 5.70. The Kier molecular flexibility index (Phi) is 6.45. The SMILES string of the molecule is CCOC(OCC)c1ccccc1C(=O)c1ccc(Br)cc1F. The van der Waals surface area contributed by atoms with E-state index in [-0.39, 0.29) is 5.56 Å². The molecule has 0 aromatic heterocycles. The highest BCUT2D eigenvalue weighted by Crippen LogP contribution is 2.26. The molecule has 0 fully saturated rings. The van der Waals surface area contributed by atoms with Gasteiger partial charge in [-0.1, -0.05) is 40.2 Å². The van der Waals surface area contributed by atoms with Crippen LogP contribution in [0.4, 0.5) is 4.39 Å². The molecule has 0 atom stereocenters. The van der Waals surface area contributed by atoms with Gasteiger partial charge in [0.25, 0.3) is 0 Å². The fraction of sp³-hybridized carbons (Fsp3) is 0.278. The summed E-state index contributed by atoms with van der Waals surface area (Å²) in [6, 6.07) is 11.3. The molecule has 122 valence electrons. The van der Waals surface area contributed by atoms with Crippen molar-refractivity contribution in [2.24, 2.45) is 0 Å². The standard InChI is InChI=1S/C18H18BrFO3/c1-3-22-18(23-4-2)14-8-6-5-7-13(14)17(21)15-10-9-12(19)11-16(15)20/h5-11,18H,3-4H2,1-2H3. The van der Waals surface area contributed by atoms with Gasteiger partial charge in [0.2, 0.25) is 0 Å². The molecule has 0 saturated carbocycles. The van der Waals surface area contributed by atoms with Crippen LogP contribution in [0, 0.1) is 5.82 Å². The number of hydrogen-bond donors (Lipinski definition) is 0. The van der Waals surface area contributed by atoms with E-state index in [1.807, 2.05) is 13.8 Å². The molecule has 23 heavy (non-hydrogen) atoms. The summed E-state index contributed by atoms with van der Waals surface area (Å²) >= 11 is 3.19. The zero-order valence-corrected chi connectivity index (χ0v) is 14.6. The Morgan fingerprint density at radius 3 is 2.35 bits per heavy atom. The van der Waals surface area contributed by atoms with Crippen molar-refractivity contribution in [3.63, 3.8) is 0 Å². The maximum atomic E-state index is 14.1.